The summed E-state index contributed by atoms with van der Waals surface area (Å²) in [4.78, 5) is 30.2. The molecular formula is C30H39N3O4. The molecule has 7 nitrogen and oxygen atoms in total. The number of nitrogens with zero attached hydrogens (tertiary/aromatic N) is 3. The number of methoxy groups -OCH3 is 2. The molecule has 0 aliphatic rings. The molecule has 0 unspecified atom stereocenters. The van der Waals surface area contributed by atoms with Gasteiger partial charge in [-0.25, -0.2) is 0 Å². The van der Waals surface area contributed by atoms with Gasteiger partial charge < -0.3 is 23.8 Å². The van der Waals surface area contributed by atoms with Crippen molar-refractivity contribution in [2.24, 2.45) is 5.92 Å². The lowest BCUT2D eigenvalue weighted by Crippen LogP contribution is -2.45. The Morgan fingerprint density at radius 2 is 1.59 bits per heavy atom. The minimum Gasteiger partial charge on any atom is -0.497 e. The summed E-state index contributed by atoms with van der Waals surface area (Å²) in [6.45, 7) is 6.72. The molecule has 37 heavy (non-hydrogen) atoms. The fourth-order valence-electron chi connectivity index (χ4n) is 4.20. The van der Waals surface area contributed by atoms with Crippen molar-refractivity contribution in [2.45, 2.75) is 33.4 Å². The molecule has 0 radical (unpaired) electrons. The normalized spacial score (nSPS) is 10.9. The Bertz CT molecular complexity index is 1110. The maximum absolute atomic E-state index is 13.5. The molecule has 0 atom stereocenters. The summed E-state index contributed by atoms with van der Waals surface area (Å²) in [6, 6.07) is 21.7. The predicted molar refractivity (Wildman–Crippen MR) is 145 cm³/mol. The molecule has 0 N–H and O–H groups in total. The highest BCUT2D eigenvalue weighted by Crippen LogP contribution is 2.15. The third-order valence-corrected chi connectivity index (χ3v) is 6.17. The van der Waals surface area contributed by atoms with Crippen LogP contribution in [0, 0.1) is 5.92 Å². The van der Waals surface area contributed by atoms with Crippen LogP contribution in [0.15, 0.2) is 72.9 Å². The minimum atomic E-state index is -0.0896. The Hall–Kier alpha value is -3.58. The van der Waals surface area contributed by atoms with Crippen molar-refractivity contribution in [1.82, 2.24) is 14.4 Å². The van der Waals surface area contributed by atoms with Gasteiger partial charge in [-0.1, -0.05) is 56.3 Å². The Labute approximate surface area is 220 Å². The molecule has 3 aromatic rings. The van der Waals surface area contributed by atoms with Crippen LogP contribution >= 0.6 is 0 Å². The van der Waals surface area contributed by atoms with Gasteiger partial charge in [0.15, 0.2) is 0 Å². The van der Waals surface area contributed by atoms with E-state index in [9.17, 15) is 9.59 Å². The molecule has 0 spiro atoms. The molecular weight excluding hydrogens is 466 g/mol. The summed E-state index contributed by atoms with van der Waals surface area (Å²) < 4.78 is 12.7. The fraction of sp³-hybridized carbons (Fsp3) is 0.400. The fourth-order valence-corrected chi connectivity index (χ4v) is 4.20. The average molecular weight is 506 g/mol. The number of ether oxygens (including phenoxy) is 2. The molecule has 3 rings (SSSR count). The summed E-state index contributed by atoms with van der Waals surface area (Å²) in [6.07, 6.45) is 2.27. The van der Waals surface area contributed by atoms with E-state index in [1.54, 1.807) is 24.0 Å². The van der Waals surface area contributed by atoms with E-state index in [0.717, 1.165) is 23.6 Å². The zero-order chi connectivity index (χ0) is 26.6. The van der Waals surface area contributed by atoms with Gasteiger partial charge in [0.05, 0.1) is 33.2 Å². The molecule has 0 fully saturated rings. The van der Waals surface area contributed by atoms with E-state index in [2.05, 4.69) is 30.5 Å². The van der Waals surface area contributed by atoms with E-state index in [0.29, 0.717) is 26.2 Å². The first-order chi connectivity index (χ1) is 17.9. The maximum atomic E-state index is 13.5. The minimum absolute atomic E-state index is 0.0380. The van der Waals surface area contributed by atoms with Crippen molar-refractivity contribution in [1.29, 1.82) is 0 Å². The summed E-state index contributed by atoms with van der Waals surface area (Å²) >= 11 is 0. The second-order valence-electron chi connectivity index (χ2n) is 9.61. The van der Waals surface area contributed by atoms with Gasteiger partial charge in [-0.3, -0.25) is 9.59 Å². The van der Waals surface area contributed by atoms with Gasteiger partial charge in [0, 0.05) is 38.6 Å². The molecule has 1 aromatic heterocycles. The van der Waals surface area contributed by atoms with Crippen molar-refractivity contribution in [3.8, 4) is 5.75 Å². The van der Waals surface area contributed by atoms with E-state index >= 15 is 0 Å². The molecule has 0 bridgehead atoms. The molecule has 7 heteroatoms. The molecule has 1 heterocycles. The monoisotopic (exact) mass is 505 g/mol. The van der Waals surface area contributed by atoms with Crippen LogP contribution in [-0.4, -0.2) is 66.6 Å². The second kappa shape index (κ2) is 14.2. The highest BCUT2D eigenvalue weighted by atomic mass is 16.5. The molecule has 2 aromatic carbocycles. The molecule has 0 aliphatic heterocycles. The lowest BCUT2D eigenvalue weighted by atomic mass is 10.1. The number of carbonyl (C=O) groups excluding carboxylic acids is 2. The van der Waals surface area contributed by atoms with Gasteiger partial charge in [-0.15, -0.1) is 0 Å². The average Bonchev–Trinajstić information content (AvgIpc) is 3.33. The SMILES string of the molecule is COCCN(Cc1cccn1Cc1ccccc1)C(=O)CN(CC(C)C)C(=O)Cc1ccc(OC)cc1. The van der Waals surface area contributed by atoms with Crippen molar-refractivity contribution >= 4 is 11.8 Å². The summed E-state index contributed by atoms with van der Waals surface area (Å²) in [7, 11) is 3.24. The number of amides is 2. The maximum Gasteiger partial charge on any atom is 0.242 e. The van der Waals surface area contributed by atoms with Gasteiger partial charge in [-0.05, 0) is 41.3 Å². The van der Waals surface area contributed by atoms with Crippen LogP contribution in [0.1, 0.15) is 30.7 Å². The van der Waals surface area contributed by atoms with Gasteiger partial charge in [0.2, 0.25) is 11.8 Å². The molecule has 0 saturated carbocycles. The van der Waals surface area contributed by atoms with Crippen LogP contribution < -0.4 is 4.74 Å². The van der Waals surface area contributed by atoms with Gasteiger partial charge >= 0.3 is 0 Å². The van der Waals surface area contributed by atoms with Gasteiger partial charge in [0.1, 0.15) is 5.75 Å². The predicted octanol–water partition coefficient (Wildman–Crippen LogP) is 4.25. The largest absolute Gasteiger partial charge is 0.497 e. The second-order valence-corrected chi connectivity index (χ2v) is 9.61. The summed E-state index contributed by atoms with van der Waals surface area (Å²) in [5.74, 6) is 0.832. The zero-order valence-corrected chi connectivity index (χ0v) is 22.4. The van der Waals surface area contributed by atoms with E-state index in [4.69, 9.17) is 9.47 Å². The topological polar surface area (TPSA) is 64.0 Å². The van der Waals surface area contributed by atoms with E-state index in [-0.39, 0.29) is 30.7 Å². The van der Waals surface area contributed by atoms with Crippen molar-refractivity contribution in [3.05, 3.63) is 89.7 Å². The standard InChI is InChI=1S/C30H39N3O4/c1-24(2)20-33(29(34)19-25-12-14-28(37-4)15-13-25)23-30(35)32(17-18-36-3)22-27-11-8-16-31(27)21-26-9-6-5-7-10-26/h5-16,24H,17-23H2,1-4H3. The lowest BCUT2D eigenvalue weighted by molar-refractivity contribution is -0.141. The van der Waals surface area contributed by atoms with Crippen LogP contribution in [-0.2, 0) is 33.8 Å². The van der Waals surface area contributed by atoms with E-state index < -0.39 is 0 Å². The van der Waals surface area contributed by atoms with Crippen LogP contribution in [0.5, 0.6) is 5.75 Å². The molecule has 0 saturated heterocycles. The van der Waals surface area contributed by atoms with Gasteiger partial charge in [-0.2, -0.15) is 0 Å². The van der Waals surface area contributed by atoms with E-state index in [1.165, 1.54) is 5.56 Å². The van der Waals surface area contributed by atoms with Crippen LogP contribution in [0.3, 0.4) is 0 Å². The first kappa shape index (κ1) is 28.0. The quantitative estimate of drug-likeness (QED) is 0.329. The highest BCUT2D eigenvalue weighted by Gasteiger charge is 2.23. The number of benzene rings is 2. The van der Waals surface area contributed by atoms with Crippen molar-refractivity contribution in [2.75, 3.05) is 40.5 Å². The Kier molecular flexibility index (Phi) is 10.8. The third kappa shape index (κ3) is 8.79. The Morgan fingerprint density at radius 3 is 2.24 bits per heavy atom. The van der Waals surface area contributed by atoms with E-state index in [1.807, 2.05) is 60.8 Å². The number of hydrogen-bond acceptors (Lipinski definition) is 4. The first-order valence-corrected chi connectivity index (χ1v) is 12.7. The molecule has 0 aliphatic carbocycles. The Morgan fingerprint density at radius 1 is 0.865 bits per heavy atom. The van der Waals surface area contributed by atoms with Gasteiger partial charge in [0.25, 0.3) is 0 Å². The van der Waals surface area contributed by atoms with Crippen molar-refractivity contribution in [3.63, 3.8) is 0 Å². The number of carbonyl (C=O) groups is 2. The van der Waals surface area contributed by atoms with Crippen LogP contribution in [0.4, 0.5) is 0 Å². The number of rotatable bonds is 14. The molecule has 2 amide bonds. The third-order valence-electron chi connectivity index (χ3n) is 6.17. The Balaban J connectivity index is 1.71. The van der Waals surface area contributed by atoms with Crippen LogP contribution in [0.2, 0.25) is 0 Å². The van der Waals surface area contributed by atoms with Crippen LogP contribution in [0.25, 0.3) is 0 Å². The smallest absolute Gasteiger partial charge is 0.242 e. The molecule has 198 valence electrons. The summed E-state index contributed by atoms with van der Waals surface area (Å²) in [5.41, 5.74) is 3.12. The first-order valence-electron chi connectivity index (χ1n) is 12.7. The van der Waals surface area contributed by atoms with Crippen molar-refractivity contribution < 1.29 is 19.1 Å². The lowest BCUT2D eigenvalue weighted by Gasteiger charge is -2.29. The zero-order valence-electron chi connectivity index (χ0n) is 22.4. The summed E-state index contributed by atoms with van der Waals surface area (Å²) in [5, 5.41) is 0. The number of hydrogen-bond donors (Lipinski definition) is 0. The number of aromatic nitrogens is 1. The highest BCUT2D eigenvalue weighted by molar-refractivity contribution is 5.86.